The summed E-state index contributed by atoms with van der Waals surface area (Å²) in [6.07, 6.45) is -2.57. The van der Waals surface area contributed by atoms with Crippen LogP contribution in [0.5, 0.6) is 0 Å². The zero-order chi connectivity index (χ0) is 21.4. The number of aryl methyl sites for hydroxylation is 1. The van der Waals surface area contributed by atoms with Gasteiger partial charge < -0.3 is 15.5 Å². The van der Waals surface area contributed by atoms with Crippen molar-refractivity contribution in [1.29, 1.82) is 0 Å². The number of amides is 1. The van der Waals surface area contributed by atoms with Crippen molar-refractivity contribution in [1.82, 2.24) is 5.32 Å². The summed E-state index contributed by atoms with van der Waals surface area (Å²) in [5, 5.41) is 18.5. The van der Waals surface area contributed by atoms with Gasteiger partial charge in [-0.1, -0.05) is 51.9 Å². The molecule has 3 N–H and O–H groups in total. The summed E-state index contributed by atoms with van der Waals surface area (Å²) in [6, 6.07) is 10.2. The van der Waals surface area contributed by atoms with Gasteiger partial charge in [0, 0.05) is 24.5 Å². The average Bonchev–Trinajstić information content (AvgIpc) is 2.61. The largest absolute Gasteiger partial charge is 0.490 e. The van der Waals surface area contributed by atoms with Gasteiger partial charge in [-0.25, -0.2) is 4.79 Å². The molecule has 0 bridgehead atoms. The summed E-state index contributed by atoms with van der Waals surface area (Å²) in [4.78, 5) is 30.8. The quantitative estimate of drug-likeness (QED) is 0.356. The number of carbonyl (C=O) groups is 3. The molecular weight excluding hydrogens is 419 g/mol. The van der Waals surface area contributed by atoms with Gasteiger partial charge in [0.25, 0.3) is 0 Å². The van der Waals surface area contributed by atoms with Gasteiger partial charge in [0.05, 0.1) is 6.42 Å². The number of carbonyl (C=O) groups excluding carboxylic acids is 1. The fraction of sp³-hybridized carbons (Fsp3) is 0.471. The molecule has 0 heterocycles. The molecule has 1 aromatic rings. The van der Waals surface area contributed by atoms with Crippen molar-refractivity contribution in [2.75, 3.05) is 18.1 Å². The Kier molecular flexibility index (Phi) is 14.1. The van der Waals surface area contributed by atoms with E-state index in [2.05, 4.69) is 17.4 Å². The Bertz CT molecular complexity index is 600. The second kappa shape index (κ2) is 15.1. The lowest BCUT2D eigenvalue weighted by atomic mass is 10.1. The summed E-state index contributed by atoms with van der Waals surface area (Å²) in [6.45, 7) is 0.634. The van der Waals surface area contributed by atoms with Gasteiger partial charge in [-0.15, -0.1) is 0 Å². The minimum atomic E-state index is -5.08. The van der Waals surface area contributed by atoms with Gasteiger partial charge in [-0.2, -0.15) is 13.2 Å². The van der Waals surface area contributed by atoms with Gasteiger partial charge in [0.15, 0.2) is 0 Å². The van der Waals surface area contributed by atoms with Gasteiger partial charge in [-0.05, 0) is 18.4 Å². The normalized spacial score (nSPS) is 10.5. The van der Waals surface area contributed by atoms with Crippen LogP contribution < -0.4 is 5.32 Å². The van der Waals surface area contributed by atoms with E-state index >= 15 is 0 Å². The Morgan fingerprint density at radius 3 is 2.07 bits per heavy atom. The van der Waals surface area contributed by atoms with Crippen molar-refractivity contribution in [3.63, 3.8) is 0 Å². The van der Waals surface area contributed by atoms with Crippen LogP contribution in [0.4, 0.5) is 13.2 Å². The van der Waals surface area contributed by atoms with E-state index < -0.39 is 18.1 Å². The minimum absolute atomic E-state index is 0.0852. The molecule has 0 spiro atoms. The van der Waals surface area contributed by atoms with E-state index in [1.165, 1.54) is 16.4 Å². The van der Waals surface area contributed by atoms with Crippen molar-refractivity contribution in [3.8, 4) is 0 Å². The first kappa shape index (κ1) is 26.1. The van der Waals surface area contributed by atoms with Crippen molar-refractivity contribution in [2.24, 2.45) is 0 Å². The van der Waals surface area contributed by atoms with E-state index in [4.69, 9.17) is 15.0 Å². The van der Waals surface area contributed by atoms with Crippen LogP contribution in [0.1, 0.15) is 24.8 Å². The van der Waals surface area contributed by atoms with Crippen molar-refractivity contribution in [3.05, 3.63) is 35.9 Å². The Hall–Kier alpha value is -1.88. The Morgan fingerprint density at radius 1 is 0.964 bits per heavy atom. The smallest absolute Gasteiger partial charge is 0.481 e. The second-order valence-corrected chi connectivity index (χ2v) is 7.98. The van der Waals surface area contributed by atoms with Crippen molar-refractivity contribution in [2.45, 2.75) is 31.9 Å². The zero-order valence-corrected chi connectivity index (χ0v) is 16.5. The number of carboxylic acids is 2. The number of halogens is 3. The van der Waals surface area contributed by atoms with E-state index in [0.717, 1.165) is 18.6 Å². The summed E-state index contributed by atoms with van der Waals surface area (Å²) in [7, 11) is 3.13. The van der Waals surface area contributed by atoms with Gasteiger partial charge in [0.1, 0.15) is 0 Å². The molecule has 0 saturated heterocycles. The lowest BCUT2D eigenvalue weighted by Crippen LogP contribution is -2.25. The average molecular weight is 441 g/mol. The number of aliphatic carboxylic acids is 2. The van der Waals surface area contributed by atoms with E-state index in [0.29, 0.717) is 18.7 Å². The van der Waals surface area contributed by atoms with Crippen LogP contribution in [0, 0.1) is 0 Å². The highest BCUT2D eigenvalue weighted by molar-refractivity contribution is 8.76. The Labute approximate surface area is 168 Å². The van der Waals surface area contributed by atoms with Crippen LogP contribution in [-0.2, 0) is 20.8 Å². The molecule has 0 saturated carbocycles. The maximum atomic E-state index is 11.6. The molecular formula is C17H22F3NO5S2. The third kappa shape index (κ3) is 16.3. The standard InChI is InChI=1S/C15H21NO3S2.C2HF3O2/c17-14(8-4-7-13-5-2-1-3-6-13)16-10-12-21-20-11-9-15(18)19;3-2(4,5)1(6)7/h1-3,5-6H,4,7-12H2,(H,16,17)(H,18,19);(H,6,7). The van der Waals surface area contributed by atoms with Gasteiger partial charge >= 0.3 is 18.1 Å². The van der Waals surface area contributed by atoms with Crippen LogP contribution in [0.2, 0.25) is 0 Å². The predicted octanol–water partition coefficient (Wildman–Crippen LogP) is 3.61. The highest BCUT2D eigenvalue weighted by Gasteiger charge is 2.38. The van der Waals surface area contributed by atoms with Crippen LogP contribution in [0.3, 0.4) is 0 Å². The number of carboxylic acid groups (broad SMARTS) is 2. The lowest BCUT2D eigenvalue weighted by Gasteiger charge is -2.05. The Balaban J connectivity index is 0.000000887. The van der Waals surface area contributed by atoms with E-state index in [-0.39, 0.29) is 12.3 Å². The van der Waals surface area contributed by atoms with Crippen LogP contribution >= 0.6 is 21.6 Å². The van der Waals surface area contributed by atoms with E-state index in [1.807, 2.05) is 18.2 Å². The molecule has 158 valence electrons. The molecule has 0 aliphatic carbocycles. The molecule has 0 atom stereocenters. The second-order valence-electron chi connectivity index (χ2n) is 5.28. The molecule has 0 fully saturated rings. The Morgan fingerprint density at radius 2 is 1.54 bits per heavy atom. The molecule has 0 unspecified atom stereocenters. The predicted molar refractivity (Wildman–Crippen MR) is 103 cm³/mol. The van der Waals surface area contributed by atoms with Crippen molar-refractivity contribution >= 4 is 39.4 Å². The molecule has 0 aromatic heterocycles. The zero-order valence-electron chi connectivity index (χ0n) is 14.9. The van der Waals surface area contributed by atoms with E-state index in [1.54, 1.807) is 10.8 Å². The molecule has 1 rings (SSSR count). The molecule has 6 nitrogen and oxygen atoms in total. The maximum absolute atomic E-state index is 11.6. The summed E-state index contributed by atoms with van der Waals surface area (Å²) < 4.78 is 31.7. The topological polar surface area (TPSA) is 104 Å². The summed E-state index contributed by atoms with van der Waals surface area (Å²) in [5.74, 6) is -2.04. The van der Waals surface area contributed by atoms with Gasteiger partial charge in [-0.3, -0.25) is 9.59 Å². The number of rotatable bonds is 11. The first-order valence-electron chi connectivity index (χ1n) is 8.20. The molecule has 28 heavy (non-hydrogen) atoms. The van der Waals surface area contributed by atoms with Gasteiger partial charge in [0.2, 0.25) is 5.91 Å². The SMILES string of the molecule is O=C(O)C(F)(F)F.O=C(O)CCSSCCNC(=O)CCCc1ccccc1. The van der Waals surface area contributed by atoms with Crippen LogP contribution in [-0.4, -0.2) is 52.3 Å². The highest BCUT2D eigenvalue weighted by atomic mass is 33.1. The van der Waals surface area contributed by atoms with Crippen LogP contribution in [0.15, 0.2) is 30.3 Å². The number of hydrogen-bond acceptors (Lipinski definition) is 5. The fourth-order valence-corrected chi connectivity index (χ4v) is 3.55. The first-order chi connectivity index (χ1) is 13.1. The number of benzene rings is 1. The summed E-state index contributed by atoms with van der Waals surface area (Å²) in [5.41, 5.74) is 1.26. The first-order valence-corrected chi connectivity index (χ1v) is 10.7. The monoisotopic (exact) mass is 441 g/mol. The fourth-order valence-electron chi connectivity index (χ4n) is 1.67. The minimum Gasteiger partial charge on any atom is -0.481 e. The summed E-state index contributed by atoms with van der Waals surface area (Å²) >= 11 is 0. The third-order valence-corrected chi connectivity index (χ3v) is 5.35. The highest BCUT2D eigenvalue weighted by Crippen LogP contribution is 2.20. The van der Waals surface area contributed by atoms with E-state index in [9.17, 15) is 22.8 Å². The maximum Gasteiger partial charge on any atom is 0.490 e. The molecule has 1 aromatic carbocycles. The molecule has 0 aliphatic heterocycles. The molecule has 1 amide bonds. The molecule has 0 aliphatic rings. The number of hydrogen-bond donors (Lipinski definition) is 3. The lowest BCUT2D eigenvalue weighted by molar-refractivity contribution is -0.192. The third-order valence-electron chi connectivity index (χ3n) is 2.94. The number of alkyl halides is 3. The number of nitrogens with one attached hydrogen (secondary N) is 1. The molecule has 0 radical (unpaired) electrons. The molecule has 11 heteroatoms. The van der Waals surface area contributed by atoms with Crippen LogP contribution in [0.25, 0.3) is 0 Å². The van der Waals surface area contributed by atoms with Crippen molar-refractivity contribution < 1.29 is 37.8 Å².